The highest BCUT2D eigenvalue weighted by Crippen LogP contribution is 2.25. The molecule has 0 saturated carbocycles. The summed E-state index contributed by atoms with van der Waals surface area (Å²) in [7, 11) is 3.98. The molecule has 0 aromatic rings. The molecule has 53 heavy (non-hydrogen) atoms. The number of carbonyl (C=O) groups is 3. The summed E-state index contributed by atoms with van der Waals surface area (Å²) < 4.78 is 66.3. The van der Waals surface area contributed by atoms with Gasteiger partial charge in [0.2, 0.25) is 5.91 Å². The van der Waals surface area contributed by atoms with Crippen molar-refractivity contribution in [3.8, 4) is 0 Å². The van der Waals surface area contributed by atoms with Gasteiger partial charge in [-0.2, -0.15) is 0 Å². The van der Waals surface area contributed by atoms with E-state index in [0.717, 1.165) is 102 Å². The van der Waals surface area contributed by atoms with Crippen LogP contribution >= 0.6 is 0 Å². The minimum absolute atomic E-state index is 0.168. The topological polar surface area (TPSA) is 76.1 Å². The van der Waals surface area contributed by atoms with Crippen molar-refractivity contribution in [3.05, 3.63) is 24.3 Å². The molecule has 7 nitrogen and oxygen atoms in total. The first-order valence-electron chi connectivity index (χ1n) is 20.6. The van der Waals surface area contributed by atoms with Gasteiger partial charge in [0.25, 0.3) is 11.8 Å². The van der Waals surface area contributed by atoms with Crippen molar-refractivity contribution < 1.29 is 41.4 Å². The SMILES string of the molecule is CCCCCC(F)(F)/C=C\C(C)OC(=O)CCCCCCCN(CCCCCCCC(=O)OC(C)/C=C\C(F)(F)CCCCC)C(=O)CCCN(C)C. The third-order valence-electron chi connectivity index (χ3n) is 9.05. The fourth-order valence-electron chi connectivity index (χ4n) is 5.82. The Balaban J connectivity index is 4.39. The first-order valence-corrected chi connectivity index (χ1v) is 20.6. The molecule has 0 fully saturated rings. The molecule has 0 heterocycles. The highest BCUT2D eigenvalue weighted by molar-refractivity contribution is 5.76. The van der Waals surface area contributed by atoms with Crippen molar-refractivity contribution in [2.24, 2.45) is 0 Å². The number of hydrogen-bond donors (Lipinski definition) is 0. The van der Waals surface area contributed by atoms with Crippen LogP contribution in [-0.4, -0.2) is 85.4 Å². The van der Waals surface area contributed by atoms with Crippen molar-refractivity contribution >= 4 is 17.8 Å². The Labute approximate surface area is 319 Å². The number of amides is 1. The van der Waals surface area contributed by atoms with E-state index in [1.54, 1.807) is 13.8 Å². The van der Waals surface area contributed by atoms with Crippen LogP contribution in [0, 0.1) is 0 Å². The van der Waals surface area contributed by atoms with Gasteiger partial charge in [-0.15, -0.1) is 0 Å². The van der Waals surface area contributed by atoms with Crippen LogP contribution < -0.4 is 0 Å². The molecule has 0 aliphatic rings. The molecule has 0 aromatic carbocycles. The summed E-state index contributed by atoms with van der Waals surface area (Å²) in [6.07, 6.45) is 17.0. The summed E-state index contributed by atoms with van der Waals surface area (Å²) in [6, 6.07) is 0. The van der Waals surface area contributed by atoms with E-state index in [0.29, 0.717) is 45.2 Å². The second-order valence-electron chi connectivity index (χ2n) is 14.9. The minimum Gasteiger partial charge on any atom is -0.458 e. The normalized spacial score (nSPS) is 13.6. The molecule has 0 N–H and O–H groups in total. The zero-order chi connectivity index (χ0) is 40.0. The van der Waals surface area contributed by atoms with Gasteiger partial charge >= 0.3 is 11.9 Å². The van der Waals surface area contributed by atoms with Gasteiger partial charge < -0.3 is 19.3 Å². The second-order valence-corrected chi connectivity index (χ2v) is 14.9. The fourth-order valence-corrected chi connectivity index (χ4v) is 5.82. The number of unbranched alkanes of at least 4 members (excludes halogenated alkanes) is 12. The standard InChI is InChI=1S/C42H74F4N2O5/c1-7-9-19-29-41(43,44)31-27-36(3)52-39(50)25-17-13-11-15-21-34-48(38(49)24-23-33-47(5)6)35-22-16-12-14-18-26-40(51)53-37(4)28-32-42(45,46)30-20-10-8-2/h27-28,31-32,36-37H,7-26,29-30,33-35H2,1-6H3/b31-27-,32-28-. The fraction of sp³-hybridized carbons (Fsp3) is 0.833. The number of halogens is 4. The molecule has 1 amide bonds. The Bertz CT molecular complexity index is 955. The van der Waals surface area contributed by atoms with Gasteiger partial charge in [-0.1, -0.05) is 78.1 Å². The predicted molar refractivity (Wildman–Crippen MR) is 207 cm³/mol. The Kier molecular flexibility index (Phi) is 29.4. The maximum atomic E-state index is 13.9. The van der Waals surface area contributed by atoms with E-state index < -0.39 is 24.1 Å². The van der Waals surface area contributed by atoms with Crippen molar-refractivity contribution in [1.82, 2.24) is 9.80 Å². The van der Waals surface area contributed by atoms with Gasteiger partial charge in [0.05, 0.1) is 0 Å². The zero-order valence-corrected chi connectivity index (χ0v) is 34.1. The van der Waals surface area contributed by atoms with Crippen molar-refractivity contribution in [3.63, 3.8) is 0 Å². The molecule has 0 bridgehead atoms. The zero-order valence-electron chi connectivity index (χ0n) is 34.1. The Morgan fingerprint density at radius 1 is 0.547 bits per heavy atom. The van der Waals surface area contributed by atoms with E-state index in [1.165, 1.54) is 12.2 Å². The van der Waals surface area contributed by atoms with E-state index in [1.807, 2.05) is 32.8 Å². The van der Waals surface area contributed by atoms with Crippen LogP contribution in [0.25, 0.3) is 0 Å². The predicted octanol–water partition coefficient (Wildman–Crippen LogP) is 11.2. The lowest BCUT2D eigenvalue weighted by molar-refractivity contribution is -0.147. The van der Waals surface area contributed by atoms with Crippen LogP contribution in [0.2, 0.25) is 0 Å². The summed E-state index contributed by atoms with van der Waals surface area (Å²) in [5, 5.41) is 0. The third-order valence-corrected chi connectivity index (χ3v) is 9.05. The number of alkyl halides is 4. The lowest BCUT2D eigenvalue weighted by Crippen LogP contribution is -2.33. The van der Waals surface area contributed by atoms with Crippen molar-refractivity contribution in [2.75, 3.05) is 33.7 Å². The lowest BCUT2D eigenvalue weighted by Gasteiger charge is -2.23. The summed E-state index contributed by atoms with van der Waals surface area (Å²) in [5.41, 5.74) is 0. The van der Waals surface area contributed by atoms with Crippen LogP contribution in [0.4, 0.5) is 17.6 Å². The summed E-state index contributed by atoms with van der Waals surface area (Å²) >= 11 is 0. The molecule has 0 rings (SSSR count). The van der Waals surface area contributed by atoms with Gasteiger partial charge in [0.15, 0.2) is 0 Å². The summed E-state index contributed by atoms with van der Waals surface area (Å²) in [4.78, 5) is 41.4. The first kappa shape index (κ1) is 50.6. The van der Waals surface area contributed by atoms with Crippen LogP contribution in [-0.2, 0) is 23.9 Å². The first-order chi connectivity index (χ1) is 25.1. The number of ether oxygens (including phenoxy) is 2. The molecule has 0 saturated heterocycles. The van der Waals surface area contributed by atoms with Gasteiger partial charge in [-0.25, -0.2) is 17.6 Å². The molecule has 0 radical (unpaired) electrons. The monoisotopic (exact) mass is 763 g/mol. The molecular formula is C42H74F4N2O5. The maximum absolute atomic E-state index is 13.9. The molecule has 11 heteroatoms. The highest BCUT2D eigenvalue weighted by atomic mass is 19.3. The number of allylic oxidation sites excluding steroid dienone is 2. The quantitative estimate of drug-likeness (QED) is 0.0281. The average molecular weight is 763 g/mol. The summed E-state index contributed by atoms with van der Waals surface area (Å²) in [6.45, 7) is 9.37. The van der Waals surface area contributed by atoms with E-state index in [4.69, 9.17) is 9.47 Å². The van der Waals surface area contributed by atoms with Gasteiger partial charge in [-0.3, -0.25) is 14.4 Å². The molecule has 2 atom stereocenters. The van der Waals surface area contributed by atoms with E-state index in [2.05, 4.69) is 4.90 Å². The molecule has 0 aliphatic carbocycles. The van der Waals surface area contributed by atoms with E-state index in [-0.39, 0.29) is 43.5 Å². The number of esters is 2. The largest absolute Gasteiger partial charge is 0.458 e. The van der Waals surface area contributed by atoms with Gasteiger partial charge in [0.1, 0.15) is 12.2 Å². The summed E-state index contributed by atoms with van der Waals surface area (Å²) in [5.74, 6) is -6.37. The van der Waals surface area contributed by atoms with Crippen molar-refractivity contribution in [1.29, 1.82) is 0 Å². The van der Waals surface area contributed by atoms with Crippen LogP contribution in [0.3, 0.4) is 0 Å². The Hall–Kier alpha value is -2.43. The Morgan fingerprint density at radius 2 is 0.943 bits per heavy atom. The average Bonchev–Trinajstić information content (AvgIpc) is 3.08. The van der Waals surface area contributed by atoms with Crippen molar-refractivity contribution in [2.45, 2.75) is 193 Å². The molecule has 0 aliphatic heterocycles. The van der Waals surface area contributed by atoms with E-state index in [9.17, 15) is 31.9 Å². The minimum atomic E-state index is -2.89. The van der Waals surface area contributed by atoms with Crippen LogP contribution in [0.1, 0.15) is 169 Å². The highest BCUT2D eigenvalue weighted by Gasteiger charge is 2.25. The Morgan fingerprint density at radius 3 is 1.34 bits per heavy atom. The smallest absolute Gasteiger partial charge is 0.306 e. The number of carbonyl (C=O) groups excluding carboxylic acids is 3. The molecule has 310 valence electrons. The van der Waals surface area contributed by atoms with Gasteiger partial charge in [0, 0.05) is 45.2 Å². The molecule has 0 aromatic heterocycles. The number of nitrogens with zero attached hydrogens (tertiary/aromatic N) is 2. The van der Waals surface area contributed by atoms with Gasteiger partial charge in [-0.05, 0) is 104 Å². The number of hydrogen-bond acceptors (Lipinski definition) is 6. The second kappa shape index (κ2) is 30.8. The van der Waals surface area contributed by atoms with Crippen LogP contribution in [0.5, 0.6) is 0 Å². The number of rotatable bonds is 34. The maximum Gasteiger partial charge on any atom is 0.306 e. The lowest BCUT2D eigenvalue weighted by atomic mass is 10.1. The molecule has 2 unspecified atom stereocenters. The third kappa shape index (κ3) is 31.6. The molecular weight excluding hydrogens is 688 g/mol. The molecule has 0 spiro atoms. The van der Waals surface area contributed by atoms with E-state index >= 15 is 0 Å². The van der Waals surface area contributed by atoms with Crippen LogP contribution in [0.15, 0.2) is 24.3 Å².